The van der Waals surface area contributed by atoms with Gasteiger partial charge in [-0.3, -0.25) is 9.59 Å². The van der Waals surface area contributed by atoms with Crippen molar-refractivity contribution in [2.45, 2.75) is 37.8 Å². The first kappa shape index (κ1) is 15.8. The monoisotopic (exact) mass is 350 g/mol. The Labute approximate surface area is 152 Å². The number of fused-ring (bicyclic) bond motifs is 3. The van der Waals surface area contributed by atoms with Gasteiger partial charge in [0, 0.05) is 18.7 Å². The van der Waals surface area contributed by atoms with E-state index in [1.807, 2.05) is 24.3 Å². The van der Waals surface area contributed by atoms with E-state index in [0.29, 0.717) is 18.3 Å². The van der Waals surface area contributed by atoms with Crippen molar-refractivity contribution in [3.05, 3.63) is 29.8 Å². The number of carbonyl (C=O) groups excluding carboxylic acids is 2. The van der Waals surface area contributed by atoms with E-state index in [2.05, 4.69) is 30.6 Å². The van der Waals surface area contributed by atoms with E-state index in [0.717, 1.165) is 17.8 Å². The third-order valence-corrected chi connectivity index (χ3v) is 7.24. The second kappa shape index (κ2) is 4.86. The van der Waals surface area contributed by atoms with Crippen LogP contribution in [0.5, 0.6) is 0 Å². The van der Waals surface area contributed by atoms with Crippen LogP contribution >= 0.6 is 0 Å². The first-order valence-corrected chi connectivity index (χ1v) is 9.24. The summed E-state index contributed by atoms with van der Waals surface area (Å²) in [5, 5.41) is 16.0. The van der Waals surface area contributed by atoms with Crippen LogP contribution in [-0.4, -0.2) is 41.9 Å². The highest BCUT2D eigenvalue weighted by Crippen LogP contribution is 2.62. The third-order valence-electron chi connectivity index (χ3n) is 7.24. The lowest BCUT2D eigenvalue weighted by Crippen LogP contribution is -2.49. The molecule has 1 saturated carbocycles. The van der Waals surface area contributed by atoms with Gasteiger partial charge in [0.15, 0.2) is 0 Å². The minimum absolute atomic E-state index is 0.0244. The van der Waals surface area contributed by atoms with Gasteiger partial charge in [-0.15, -0.1) is 0 Å². The molecule has 134 valence electrons. The molecular formula is C20H22N4O2. The first-order valence-electron chi connectivity index (χ1n) is 9.24. The van der Waals surface area contributed by atoms with E-state index >= 15 is 0 Å². The Kier molecular flexibility index (Phi) is 2.96. The van der Waals surface area contributed by atoms with Crippen LogP contribution in [0, 0.1) is 28.6 Å². The number of para-hydroxylation sites is 1. The lowest BCUT2D eigenvalue weighted by molar-refractivity contribution is -0.134. The molecule has 6 nitrogen and oxygen atoms in total. The number of rotatable bonds is 1. The standard InChI is InChI=1S/C20H22N4O2/c1-19(2)13-9-22-16(15(13)19)17(25)24-10-20(7-11(24)8-21)12-5-3-4-6-14(12)23-18(20)26/h3-6,11,13,15-16,22H,7,9-10H2,1-2H3,(H,23,26)/t11-,13-,15-,16-,20-/m0/s1. The highest BCUT2D eigenvalue weighted by Gasteiger charge is 2.67. The molecule has 5 rings (SSSR count). The molecule has 1 aromatic carbocycles. The number of likely N-dealkylation sites (tertiary alicyclic amines) is 1. The second-order valence-corrected chi connectivity index (χ2v) is 8.74. The molecule has 3 aliphatic heterocycles. The number of nitrogens with one attached hydrogen (secondary N) is 2. The van der Waals surface area contributed by atoms with Crippen LogP contribution in [0.1, 0.15) is 25.8 Å². The van der Waals surface area contributed by atoms with Crippen LogP contribution in [0.15, 0.2) is 24.3 Å². The number of piperidine rings is 1. The van der Waals surface area contributed by atoms with E-state index in [1.54, 1.807) is 4.90 Å². The highest BCUT2D eigenvalue weighted by molar-refractivity contribution is 6.07. The third kappa shape index (κ3) is 1.79. The minimum atomic E-state index is -0.802. The van der Waals surface area contributed by atoms with Crippen LogP contribution in [0.3, 0.4) is 0 Å². The van der Waals surface area contributed by atoms with E-state index < -0.39 is 11.5 Å². The molecule has 0 radical (unpaired) electrons. The Balaban J connectivity index is 1.47. The molecule has 26 heavy (non-hydrogen) atoms. The summed E-state index contributed by atoms with van der Waals surface area (Å²) in [5.41, 5.74) is 1.09. The summed E-state index contributed by atoms with van der Waals surface area (Å²) in [6.07, 6.45) is 0.363. The molecular weight excluding hydrogens is 328 g/mol. The summed E-state index contributed by atoms with van der Waals surface area (Å²) in [4.78, 5) is 27.7. The van der Waals surface area contributed by atoms with Crippen molar-refractivity contribution in [3.63, 3.8) is 0 Å². The fraction of sp³-hybridized carbons (Fsp3) is 0.550. The summed E-state index contributed by atoms with van der Waals surface area (Å²) in [6, 6.07) is 9.07. The molecule has 3 fully saturated rings. The quantitative estimate of drug-likeness (QED) is 0.798. The molecule has 6 heteroatoms. The number of anilines is 1. The van der Waals surface area contributed by atoms with Gasteiger partial charge in [0.1, 0.15) is 6.04 Å². The van der Waals surface area contributed by atoms with Gasteiger partial charge in [-0.1, -0.05) is 32.0 Å². The summed E-state index contributed by atoms with van der Waals surface area (Å²) in [7, 11) is 0. The number of benzene rings is 1. The number of nitrogens with zero attached hydrogens (tertiary/aromatic N) is 2. The van der Waals surface area contributed by atoms with Crippen LogP contribution in [-0.2, 0) is 15.0 Å². The molecule has 1 aromatic rings. The van der Waals surface area contributed by atoms with Crippen LogP contribution < -0.4 is 10.6 Å². The molecule has 1 spiro atoms. The molecule has 1 aliphatic carbocycles. The Hall–Kier alpha value is -2.39. The molecule has 5 atom stereocenters. The number of amides is 2. The average Bonchev–Trinajstić information content (AvgIpc) is 3.09. The Bertz CT molecular complexity index is 873. The number of hydrogen-bond acceptors (Lipinski definition) is 4. The highest BCUT2D eigenvalue weighted by atomic mass is 16.2. The maximum atomic E-state index is 13.3. The van der Waals surface area contributed by atoms with E-state index in [1.165, 1.54) is 0 Å². The topological polar surface area (TPSA) is 85.2 Å². The lowest BCUT2D eigenvalue weighted by atomic mass is 9.80. The maximum Gasteiger partial charge on any atom is 0.241 e. The number of nitriles is 1. The first-order chi connectivity index (χ1) is 12.4. The molecule has 0 bridgehead atoms. The molecule has 2 amide bonds. The van der Waals surface area contributed by atoms with Crippen molar-refractivity contribution in [2.24, 2.45) is 17.3 Å². The van der Waals surface area contributed by atoms with Crippen LogP contribution in [0.2, 0.25) is 0 Å². The van der Waals surface area contributed by atoms with Crippen molar-refractivity contribution in [1.29, 1.82) is 5.26 Å². The Morgan fingerprint density at radius 2 is 2.12 bits per heavy atom. The van der Waals surface area contributed by atoms with E-state index in [9.17, 15) is 14.9 Å². The summed E-state index contributed by atoms with van der Waals surface area (Å²) in [6.45, 7) is 5.55. The van der Waals surface area contributed by atoms with Crippen molar-refractivity contribution >= 4 is 17.5 Å². The molecule has 3 heterocycles. The van der Waals surface area contributed by atoms with Crippen molar-refractivity contribution < 1.29 is 9.59 Å². The van der Waals surface area contributed by atoms with Gasteiger partial charge < -0.3 is 15.5 Å². The van der Waals surface area contributed by atoms with Gasteiger partial charge in [-0.25, -0.2) is 0 Å². The average molecular weight is 350 g/mol. The molecule has 0 unspecified atom stereocenters. The Morgan fingerprint density at radius 1 is 1.35 bits per heavy atom. The zero-order valence-electron chi connectivity index (χ0n) is 15.0. The van der Waals surface area contributed by atoms with Crippen molar-refractivity contribution in [1.82, 2.24) is 10.2 Å². The smallest absolute Gasteiger partial charge is 0.241 e. The predicted molar refractivity (Wildman–Crippen MR) is 95.0 cm³/mol. The number of hydrogen-bond donors (Lipinski definition) is 2. The minimum Gasteiger partial charge on any atom is -0.325 e. The summed E-state index contributed by atoms with van der Waals surface area (Å²) in [5.74, 6) is 0.738. The summed E-state index contributed by atoms with van der Waals surface area (Å²) < 4.78 is 0. The van der Waals surface area contributed by atoms with E-state index in [4.69, 9.17) is 0 Å². The fourth-order valence-electron chi connectivity index (χ4n) is 5.62. The number of carbonyl (C=O) groups is 2. The predicted octanol–water partition coefficient (Wildman–Crippen LogP) is 1.24. The van der Waals surface area contributed by atoms with Gasteiger partial charge in [0.05, 0.1) is 17.5 Å². The maximum absolute atomic E-state index is 13.3. The molecule has 2 saturated heterocycles. The molecule has 2 N–H and O–H groups in total. The Morgan fingerprint density at radius 3 is 2.81 bits per heavy atom. The summed E-state index contributed by atoms with van der Waals surface area (Å²) >= 11 is 0. The normalized spacial score (nSPS) is 38.7. The van der Waals surface area contributed by atoms with Gasteiger partial charge >= 0.3 is 0 Å². The van der Waals surface area contributed by atoms with Crippen LogP contribution in [0.4, 0.5) is 5.69 Å². The van der Waals surface area contributed by atoms with Gasteiger partial charge in [-0.2, -0.15) is 5.26 Å². The molecule has 4 aliphatic rings. The van der Waals surface area contributed by atoms with Gasteiger partial charge in [-0.05, 0) is 35.4 Å². The van der Waals surface area contributed by atoms with Crippen molar-refractivity contribution in [3.8, 4) is 6.07 Å². The largest absolute Gasteiger partial charge is 0.325 e. The van der Waals surface area contributed by atoms with Gasteiger partial charge in [0.25, 0.3) is 0 Å². The van der Waals surface area contributed by atoms with Gasteiger partial charge in [0.2, 0.25) is 11.8 Å². The molecule has 0 aromatic heterocycles. The zero-order valence-corrected chi connectivity index (χ0v) is 15.0. The fourth-order valence-corrected chi connectivity index (χ4v) is 5.62. The van der Waals surface area contributed by atoms with E-state index in [-0.39, 0.29) is 29.8 Å². The van der Waals surface area contributed by atoms with Crippen molar-refractivity contribution in [2.75, 3.05) is 18.4 Å². The zero-order chi connectivity index (χ0) is 18.3. The SMILES string of the molecule is CC1(C)[C@@H]2[C@@H](C(=O)N3C[C@]4(C[C@H]3C#N)C(=O)Nc3ccccc34)NC[C@@H]21. The second-order valence-electron chi connectivity index (χ2n) is 8.74. The lowest BCUT2D eigenvalue weighted by Gasteiger charge is -2.27. The van der Waals surface area contributed by atoms with Crippen LogP contribution in [0.25, 0.3) is 0 Å².